The van der Waals surface area contributed by atoms with Crippen LogP contribution in [0.15, 0.2) is 84.9 Å². The third kappa shape index (κ3) is 3.38. The van der Waals surface area contributed by atoms with Gasteiger partial charge in [-0.05, 0) is 42.0 Å². The Morgan fingerprint density at radius 1 is 0.720 bits per heavy atom. The fourth-order valence-electron chi connectivity index (χ4n) is 4.21. The van der Waals surface area contributed by atoms with Gasteiger partial charge in [-0.15, -0.1) is 0 Å². The minimum atomic E-state index is 0.422. The van der Waals surface area contributed by atoms with E-state index in [-0.39, 0.29) is 0 Å². The lowest BCUT2D eigenvalue weighted by Crippen LogP contribution is -2.41. The second kappa shape index (κ2) is 7.25. The molecule has 1 heterocycles. The second-order valence-electron chi connectivity index (χ2n) is 7.05. The Morgan fingerprint density at radius 3 is 2.04 bits per heavy atom. The van der Waals surface area contributed by atoms with Crippen molar-refractivity contribution in [3.63, 3.8) is 0 Å². The highest BCUT2D eigenvalue weighted by Gasteiger charge is 2.32. The molecule has 0 aliphatic carbocycles. The Morgan fingerprint density at radius 2 is 1.32 bits per heavy atom. The third-order valence-electron chi connectivity index (χ3n) is 5.39. The molecule has 0 saturated heterocycles. The molecule has 0 aromatic heterocycles. The topological polar surface area (TPSA) is 12.0 Å². The van der Waals surface area contributed by atoms with Crippen molar-refractivity contribution in [2.24, 2.45) is 0 Å². The van der Waals surface area contributed by atoms with Crippen LogP contribution in [0.3, 0.4) is 0 Å². The first kappa shape index (κ1) is 16.1. The maximum absolute atomic E-state index is 3.89. The van der Waals surface area contributed by atoms with Crippen molar-refractivity contribution in [2.45, 2.75) is 37.8 Å². The van der Waals surface area contributed by atoms with Crippen molar-refractivity contribution in [1.82, 2.24) is 5.32 Å². The SMILES string of the molecule is C[C@@H]1NC(CCc2ccccc2)c2ccccc2[C@@H]1c1ccccc1. The molecule has 25 heavy (non-hydrogen) atoms. The molecule has 1 N–H and O–H groups in total. The highest BCUT2D eigenvalue weighted by molar-refractivity contribution is 5.43. The summed E-state index contributed by atoms with van der Waals surface area (Å²) in [6.45, 7) is 2.32. The van der Waals surface area contributed by atoms with Gasteiger partial charge in [-0.25, -0.2) is 0 Å². The molecule has 0 bridgehead atoms. The molecule has 0 amide bonds. The van der Waals surface area contributed by atoms with E-state index in [4.69, 9.17) is 0 Å². The van der Waals surface area contributed by atoms with Crippen molar-refractivity contribution in [2.75, 3.05) is 0 Å². The van der Waals surface area contributed by atoms with Crippen molar-refractivity contribution in [3.05, 3.63) is 107 Å². The van der Waals surface area contributed by atoms with Crippen LogP contribution in [0.2, 0.25) is 0 Å². The number of fused-ring (bicyclic) bond motifs is 1. The molecule has 4 rings (SSSR count). The lowest BCUT2D eigenvalue weighted by atomic mass is 9.77. The summed E-state index contributed by atoms with van der Waals surface area (Å²) in [5.41, 5.74) is 5.76. The Hall–Kier alpha value is -2.38. The zero-order chi connectivity index (χ0) is 17.1. The molecule has 1 aliphatic heterocycles. The minimum Gasteiger partial charge on any atom is -0.306 e. The van der Waals surface area contributed by atoms with Crippen LogP contribution in [-0.2, 0) is 6.42 Å². The molecule has 0 spiro atoms. The predicted octanol–water partition coefficient (Wildman–Crippen LogP) is 5.48. The fraction of sp³-hybridized carbons (Fsp3) is 0.250. The highest BCUT2D eigenvalue weighted by Crippen LogP contribution is 2.39. The predicted molar refractivity (Wildman–Crippen MR) is 105 cm³/mol. The summed E-state index contributed by atoms with van der Waals surface area (Å²) in [5, 5.41) is 3.89. The van der Waals surface area contributed by atoms with Crippen molar-refractivity contribution < 1.29 is 0 Å². The summed E-state index contributed by atoms with van der Waals surface area (Å²) in [6, 6.07) is 31.5. The van der Waals surface area contributed by atoms with E-state index in [1.165, 1.54) is 22.3 Å². The smallest absolute Gasteiger partial charge is 0.0329 e. The van der Waals surface area contributed by atoms with E-state index in [9.17, 15) is 0 Å². The minimum absolute atomic E-state index is 0.422. The summed E-state index contributed by atoms with van der Waals surface area (Å²) in [7, 11) is 0. The highest BCUT2D eigenvalue weighted by atomic mass is 15.0. The fourth-order valence-corrected chi connectivity index (χ4v) is 4.21. The molecule has 0 radical (unpaired) electrons. The molecule has 1 aliphatic rings. The molecule has 3 aromatic carbocycles. The largest absolute Gasteiger partial charge is 0.306 e. The van der Waals surface area contributed by atoms with E-state index in [1.54, 1.807) is 0 Å². The first-order valence-corrected chi connectivity index (χ1v) is 9.26. The lowest BCUT2D eigenvalue weighted by molar-refractivity contribution is 0.377. The summed E-state index contributed by atoms with van der Waals surface area (Å²) in [5.74, 6) is 0.422. The number of nitrogens with one attached hydrogen (secondary N) is 1. The first-order chi connectivity index (χ1) is 12.3. The van der Waals surface area contributed by atoms with Gasteiger partial charge in [-0.2, -0.15) is 0 Å². The molecule has 1 nitrogen and oxygen atoms in total. The van der Waals surface area contributed by atoms with Crippen molar-refractivity contribution in [3.8, 4) is 0 Å². The van der Waals surface area contributed by atoms with Gasteiger partial charge in [0.05, 0.1) is 0 Å². The van der Waals surface area contributed by atoms with Crippen LogP contribution in [-0.4, -0.2) is 6.04 Å². The van der Waals surface area contributed by atoms with Gasteiger partial charge in [0.2, 0.25) is 0 Å². The first-order valence-electron chi connectivity index (χ1n) is 9.26. The zero-order valence-corrected chi connectivity index (χ0v) is 14.7. The Kier molecular flexibility index (Phi) is 4.67. The van der Waals surface area contributed by atoms with Gasteiger partial charge in [0.15, 0.2) is 0 Å². The van der Waals surface area contributed by atoms with Crippen molar-refractivity contribution >= 4 is 0 Å². The maximum atomic E-state index is 3.89. The molecule has 0 saturated carbocycles. The molecular formula is C24H25N. The van der Waals surface area contributed by atoms with Gasteiger partial charge in [-0.1, -0.05) is 84.9 Å². The van der Waals surface area contributed by atoms with E-state index >= 15 is 0 Å². The monoisotopic (exact) mass is 327 g/mol. The van der Waals surface area contributed by atoms with E-state index in [0.29, 0.717) is 18.0 Å². The molecule has 126 valence electrons. The summed E-state index contributed by atoms with van der Waals surface area (Å²) in [4.78, 5) is 0. The quantitative estimate of drug-likeness (QED) is 0.668. The zero-order valence-electron chi connectivity index (χ0n) is 14.7. The third-order valence-corrected chi connectivity index (χ3v) is 5.39. The summed E-state index contributed by atoms with van der Waals surface area (Å²) >= 11 is 0. The van der Waals surface area contributed by atoms with Crippen LogP contribution in [0.1, 0.15) is 47.6 Å². The van der Waals surface area contributed by atoms with Gasteiger partial charge in [-0.3, -0.25) is 0 Å². The van der Waals surface area contributed by atoms with Crippen LogP contribution >= 0.6 is 0 Å². The van der Waals surface area contributed by atoms with Crippen molar-refractivity contribution in [1.29, 1.82) is 0 Å². The number of hydrogen-bond acceptors (Lipinski definition) is 1. The summed E-state index contributed by atoms with van der Waals surface area (Å²) < 4.78 is 0. The van der Waals surface area contributed by atoms with Crippen LogP contribution in [0.5, 0.6) is 0 Å². The van der Waals surface area contributed by atoms with Crippen LogP contribution in [0.25, 0.3) is 0 Å². The van der Waals surface area contributed by atoms with Gasteiger partial charge in [0, 0.05) is 18.0 Å². The number of hydrogen-bond donors (Lipinski definition) is 1. The van der Waals surface area contributed by atoms with Gasteiger partial charge >= 0.3 is 0 Å². The van der Waals surface area contributed by atoms with Crippen LogP contribution in [0.4, 0.5) is 0 Å². The van der Waals surface area contributed by atoms with E-state index in [2.05, 4.69) is 97.2 Å². The van der Waals surface area contributed by atoms with Crippen LogP contribution < -0.4 is 5.32 Å². The maximum Gasteiger partial charge on any atom is 0.0329 e. The Bertz CT molecular complexity index is 810. The average molecular weight is 327 g/mol. The lowest BCUT2D eigenvalue weighted by Gasteiger charge is -2.38. The van der Waals surface area contributed by atoms with Gasteiger partial charge in [0.25, 0.3) is 0 Å². The molecule has 3 aromatic rings. The van der Waals surface area contributed by atoms with Gasteiger partial charge < -0.3 is 5.32 Å². The average Bonchev–Trinajstić information content (AvgIpc) is 2.67. The standard InChI is InChI=1S/C24H25N/c1-18-24(20-12-6-3-7-13-20)22-15-9-8-14-21(22)23(25-18)17-16-19-10-4-2-5-11-19/h2-15,18,23-25H,16-17H2,1H3/t18-,23?,24-/m0/s1. The molecule has 1 heteroatoms. The molecule has 1 unspecified atom stereocenters. The molecular weight excluding hydrogens is 302 g/mol. The van der Waals surface area contributed by atoms with E-state index in [0.717, 1.165) is 12.8 Å². The molecule has 3 atom stereocenters. The van der Waals surface area contributed by atoms with Gasteiger partial charge in [0.1, 0.15) is 0 Å². The number of aryl methyl sites for hydroxylation is 1. The molecule has 0 fully saturated rings. The van der Waals surface area contributed by atoms with Crippen LogP contribution in [0, 0.1) is 0 Å². The number of rotatable bonds is 4. The normalized spacial score (nSPS) is 22.4. The Balaban J connectivity index is 1.62. The number of benzene rings is 3. The second-order valence-corrected chi connectivity index (χ2v) is 7.05. The Labute approximate surface area is 150 Å². The summed E-state index contributed by atoms with van der Waals surface area (Å²) in [6.07, 6.45) is 2.24. The van der Waals surface area contributed by atoms with E-state index < -0.39 is 0 Å². The van der Waals surface area contributed by atoms with E-state index in [1.807, 2.05) is 0 Å².